The van der Waals surface area contributed by atoms with Crippen LogP contribution in [-0.2, 0) is 22.6 Å². The lowest BCUT2D eigenvalue weighted by Gasteiger charge is -2.16. The van der Waals surface area contributed by atoms with E-state index in [4.69, 9.17) is 9.84 Å². The van der Waals surface area contributed by atoms with Crippen LogP contribution in [0, 0.1) is 0 Å². The minimum Gasteiger partial charge on any atom is -0.480 e. The van der Waals surface area contributed by atoms with Crippen LogP contribution < -0.4 is 5.32 Å². The molecule has 0 saturated carbocycles. The van der Waals surface area contributed by atoms with E-state index in [1.807, 2.05) is 36.5 Å². The van der Waals surface area contributed by atoms with E-state index in [0.717, 1.165) is 23.2 Å². The van der Waals surface area contributed by atoms with Crippen LogP contribution in [0.25, 0.3) is 11.3 Å². The number of benzene rings is 1. The Bertz CT molecular complexity index is 710. The van der Waals surface area contributed by atoms with E-state index in [1.54, 1.807) is 0 Å². The average molecular weight is 329 g/mol. The third-order valence-corrected chi connectivity index (χ3v) is 4.18. The van der Waals surface area contributed by atoms with Crippen molar-refractivity contribution in [3.63, 3.8) is 0 Å². The molecular weight excluding hydrogens is 306 g/mol. The predicted octanol–water partition coefficient (Wildman–Crippen LogP) is 2.29. The molecule has 1 aromatic carbocycles. The van der Waals surface area contributed by atoms with Crippen molar-refractivity contribution in [2.24, 2.45) is 0 Å². The van der Waals surface area contributed by atoms with Crippen LogP contribution in [-0.4, -0.2) is 39.1 Å². The molecule has 1 unspecified atom stereocenters. The fraction of sp³-hybridized carbons (Fsp3) is 0.444. The van der Waals surface area contributed by atoms with Gasteiger partial charge in [-0.15, -0.1) is 0 Å². The summed E-state index contributed by atoms with van der Waals surface area (Å²) in [6.07, 6.45) is 2.77. The quantitative estimate of drug-likeness (QED) is 0.850. The topological polar surface area (TPSA) is 76.4 Å². The van der Waals surface area contributed by atoms with E-state index in [1.165, 1.54) is 4.68 Å². The Hall–Kier alpha value is -2.18. The molecule has 1 atom stereocenters. The van der Waals surface area contributed by atoms with Gasteiger partial charge in [-0.05, 0) is 20.3 Å². The smallest absolute Gasteiger partial charge is 0.325 e. The van der Waals surface area contributed by atoms with Gasteiger partial charge in [-0.3, -0.25) is 9.48 Å². The van der Waals surface area contributed by atoms with Gasteiger partial charge in [-0.1, -0.05) is 30.3 Å². The molecule has 24 heavy (non-hydrogen) atoms. The van der Waals surface area contributed by atoms with Crippen molar-refractivity contribution in [1.82, 2.24) is 15.1 Å². The first-order valence-corrected chi connectivity index (χ1v) is 8.14. The van der Waals surface area contributed by atoms with E-state index in [-0.39, 0.29) is 12.1 Å². The molecule has 6 heteroatoms. The highest BCUT2D eigenvalue weighted by molar-refractivity contribution is 5.67. The van der Waals surface area contributed by atoms with Crippen molar-refractivity contribution in [1.29, 1.82) is 0 Å². The second-order valence-corrected chi connectivity index (χ2v) is 6.81. The standard InChI is InChI=1S/C18H23N3O3/c1-18(2)8-15(12-24-18)19-9-14-10-21(11-16(22)23)20-17(14)13-6-4-3-5-7-13/h3-7,10,15,19H,8-9,11-12H2,1-2H3,(H,22,23). The third kappa shape index (κ3) is 4.01. The zero-order valence-corrected chi connectivity index (χ0v) is 14.0. The van der Waals surface area contributed by atoms with Gasteiger partial charge in [0, 0.05) is 29.9 Å². The maximum Gasteiger partial charge on any atom is 0.325 e. The number of carboxylic acids is 1. The molecule has 3 rings (SSSR count). The van der Waals surface area contributed by atoms with Gasteiger partial charge >= 0.3 is 5.97 Å². The fourth-order valence-electron chi connectivity index (χ4n) is 3.07. The summed E-state index contributed by atoms with van der Waals surface area (Å²) in [4.78, 5) is 11.0. The van der Waals surface area contributed by atoms with Crippen molar-refractivity contribution in [2.75, 3.05) is 6.61 Å². The first kappa shape index (κ1) is 16.7. The summed E-state index contributed by atoms with van der Waals surface area (Å²) >= 11 is 0. The zero-order valence-electron chi connectivity index (χ0n) is 14.0. The van der Waals surface area contributed by atoms with Crippen LogP contribution in [0.3, 0.4) is 0 Å². The number of rotatable bonds is 6. The maximum absolute atomic E-state index is 11.0. The molecular formula is C18H23N3O3. The van der Waals surface area contributed by atoms with Crippen LogP contribution >= 0.6 is 0 Å². The van der Waals surface area contributed by atoms with Gasteiger partial charge in [0.2, 0.25) is 0 Å². The molecule has 1 fully saturated rings. The van der Waals surface area contributed by atoms with Gasteiger partial charge in [0.05, 0.1) is 17.9 Å². The Morgan fingerprint density at radius 2 is 2.17 bits per heavy atom. The van der Waals surface area contributed by atoms with Gasteiger partial charge in [0.25, 0.3) is 0 Å². The molecule has 1 aromatic heterocycles. The molecule has 2 aromatic rings. The van der Waals surface area contributed by atoms with Gasteiger partial charge in [0.15, 0.2) is 0 Å². The highest BCUT2D eigenvalue weighted by Crippen LogP contribution is 2.26. The number of aromatic nitrogens is 2. The van der Waals surface area contributed by atoms with E-state index < -0.39 is 5.97 Å². The van der Waals surface area contributed by atoms with Gasteiger partial charge < -0.3 is 15.2 Å². The summed E-state index contributed by atoms with van der Waals surface area (Å²) in [5.41, 5.74) is 2.71. The Labute approximate surface area is 141 Å². The largest absolute Gasteiger partial charge is 0.480 e. The second kappa shape index (κ2) is 6.75. The average Bonchev–Trinajstić information content (AvgIpc) is 3.08. The maximum atomic E-state index is 11.0. The van der Waals surface area contributed by atoms with Gasteiger partial charge in [-0.2, -0.15) is 5.10 Å². The number of hydrogen-bond donors (Lipinski definition) is 2. The van der Waals surface area contributed by atoms with E-state index in [0.29, 0.717) is 19.2 Å². The molecule has 6 nitrogen and oxygen atoms in total. The molecule has 0 radical (unpaired) electrons. The predicted molar refractivity (Wildman–Crippen MR) is 90.6 cm³/mol. The fourth-order valence-corrected chi connectivity index (χ4v) is 3.07. The number of aliphatic carboxylic acids is 1. The van der Waals surface area contributed by atoms with Crippen molar-refractivity contribution in [3.05, 3.63) is 42.1 Å². The summed E-state index contributed by atoms with van der Waals surface area (Å²) < 4.78 is 7.24. The van der Waals surface area contributed by atoms with Crippen LogP contribution in [0.4, 0.5) is 0 Å². The summed E-state index contributed by atoms with van der Waals surface area (Å²) in [6, 6.07) is 10.1. The molecule has 0 bridgehead atoms. The summed E-state index contributed by atoms with van der Waals surface area (Å²) in [5, 5.41) is 17.0. The monoisotopic (exact) mass is 329 g/mol. The highest BCUT2D eigenvalue weighted by atomic mass is 16.5. The first-order chi connectivity index (χ1) is 11.4. The lowest BCUT2D eigenvalue weighted by molar-refractivity contribution is -0.137. The zero-order chi connectivity index (χ0) is 17.2. The highest BCUT2D eigenvalue weighted by Gasteiger charge is 2.31. The lowest BCUT2D eigenvalue weighted by atomic mass is 10.0. The molecule has 128 valence electrons. The number of carboxylic acid groups (broad SMARTS) is 1. The van der Waals surface area contributed by atoms with Crippen molar-refractivity contribution in [3.8, 4) is 11.3 Å². The number of carbonyl (C=O) groups is 1. The Balaban J connectivity index is 1.78. The van der Waals surface area contributed by atoms with E-state index in [2.05, 4.69) is 24.3 Å². The summed E-state index contributed by atoms with van der Waals surface area (Å²) in [7, 11) is 0. The molecule has 1 aliphatic heterocycles. The first-order valence-electron chi connectivity index (χ1n) is 8.14. The number of hydrogen-bond acceptors (Lipinski definition) is 4. The molecule has 1 aliphatic rings. The Morgan fingerprint density at radius 1 is 1.42 bits per heavy atom. The molecule has 2 N–H and O–H groups in total. The summed E-state index contributed by atoms with van der Waals surface area (Å²) in [5.74, 6) is -0.900. The second-order valence-electron chi connectivity index (χ2n) is 6.81. The Kier molecular flexibility index (Phi) is 4.69. The minimum absolute atomic E-state index is 0.0899. The molecule has 0 aliphatic carbocycles. The molecule has 0 spiro atoms. The van der Waals surface area contributed by atoms with Crippen molar-refractivity contribution >= 4 is 5.97 Å². The van der Waals surface area contributed by atoms with Gasteiger partial charge in [0.1, 0.15) is 6.54 Å². The van der Waals surface area contributed by atoms with Crippen LogP contribution in [0.15, 0.2) is 36.5 Å². The molecule has 1 saturated heterocycles. The molecule has 0 amide bonds. The number of nitrogens with one attached hydrogen (secondary N) is 1. The van der Waals surface area contributed by atoms with E-state index in [9.17, 15) is 4.79 Å². The Morgan fingerprint density at radius 3 is 2.79 bits per heavy atom. The van der Waals surface area contributed by atoms with Crippen molar-refractivity contribution < 1.29 is 14.6 Å². The van der Waals surface area contributed by atoms with Crippen LogP contribution in [0.5, 0.6) is 0 Å². The number of nitrogens with zero attached hydrogens (tertiary/aromatic N) is 2. The summed E-state index contributed by atoms with van der Waals surface area (Å²) in [6.45, 7) is 5.37. The molecule has 2 heterocycles. The van der Waals surface area contributed by atoms with Gasteiger partial charge in [-0.25, -0.2) is 0 Å². The SMILES string of the molecule is CC1(C)CC(NCc2cn(CC(=O)O)nc2-c2ccccc2)CO1. The lowest BCUT2D eigenvalue weighted by Crippen LogP contribution is -2.30. The minimum atomic E-state index is -0.900. The van der Waals surface area contributed by atoms with Crippen molar-refractivity contribution in [2.45, 2.75) is 45.0 Å². The van der Waals surface area contributed by atoms with E-state index >= 15 is 0 Å². The number of ether oxygens (including phenoxy) is 1. The normalized spacial score (nSPS) is 19.5. The van der Waals surface area contributed by atoms with Crippen LogP contribution in [0.2, 0.25) is 0 Å². The van der Waals surface area contributed by atoms with Crippen LogP contribution in [0.1, 0.15) is 25.8 Å². The third-order valence-electron chi connectivity index (χ3n) is 4.18.